The SMILES string of the molecule is CCCCCCCCCCCCCCCC(=O)N[C@@H](CSC[C@@H](COC(=O)CCCCCCCCCCC)OC(=O)CCCCCCCCCCC)C(=O)N[C@@H](CCC(=O)NCCS(=O)(=O)[O-])C(=O)NCCS(=O)(=O)[O-].[Na+].[Na+]. The normalized spacial score (nSPS) is 12.5. The van der Waals surface area contributed by atoms with Crippen molar-refractivity contribution in [2.45, 2.75) is 270 Å². The van der Waals surface area contributed by atoms with Crippen molar-refractivity contribution < 1.29 is 123 Å². The topological polar surface area (TPSA) is 283 Å². The van der Waals surface area contributed by atoms with E-state index in [1.807, 2.05) is 0 Å². The molecule has 0 aliphatic rings. The van der Waals surface area contributed by atoms with Gasteiger partial charge in [-0.15, -0.1) is 0 Å². The van der Waals surface area contributed by atoms with Crippen LogP contribution in [-0.4, -0.2) is 122 Å². The van der Waals surface area contributed by atoms with Gasteiger partial charge in [-0.05, 0) is 25.7 Å². The van der Waals surface area contributed by atoms with Crippen LogP contribution in [0, 0.1) is 0 Å². The van der Waals surface area contributed by atoms with Crippen LogP contribution >= 0.6 is 11.8 Å². The number of esters is 2. The van der Waals surface area contributed by atoms with E-state index in [0.29, 0.717) is 19.3 Å². The Kier molecular flexibility index (Phi) is 57.5. The number of nitrogens with one attached hydrogen (secondary N) is 4. The third-order valence-electron chi connectivity index (χ3n) is 13.1. The van der Waals surface area contributed by atoms with Gasteiger partial charge >= 0.3 is 71.1 Å². The van der Waals surface area contributed by atoms with E-state index in [2.05, 4.69) is 42.0 Å². The molecule has 0 aromatic rings. The second kappa shape index (κ2) is 55.2. The summed E-state index contributed by atoms with van der Waals surface area (Å²) in [6.07, 6.45) is 32.8. The Bertz CT molecular complexity index is 1770. The van der Waals surface area contributed by atoms with E-state index < -0.39 is 105 Å². The molecule has 0 saturated heterocycles. The number of rotatable bonds is 54. The minimum absolute atomic E-state index is 0. The molecule has 23 heteroatoms. The van der Waals surface area contributed by atoms with Crippen LogP contribution in [0.4, 0.5) is 0 Å². The number of carbonyl (C=O) groups is 6. The molecule has 0 heterocycles. The largest absolute Gasteiger partial charge is 1.00 e. The molecule has 0 rings (SSSR count). The van der Waals surface area contributed by atoms with Crippen LogP contribution in [0.25, 0.3) is 0 Å². The Balaban J connectivity index is -0.0000281. The molecular formula is C55H102N4Na2O14S3. The van der Waals surface area contributed by atoms with E-state index >= 15 is 0 Å². The van der Waals surface area contributed by atoms with Gasteiger partial charge in [0.15, 0.2) is 0 Å². The van der Waals surface area contributed by atoms with E-state index in [-0.39, 0.29) is 103 Å². The Morgan fingerprint density at radius 3 is 1.24 bits per heavy atom. The number of ether oxygens (including phenoxy) is 2. The van der Waals surface area contributed by atoms with Crippen LogP contribution in [0.2, 0.25) is 0 Å². The molecule has 78 heavy (non-hydrogen) atoms. The van der Waals surface area contributed by atoms with Gasteiger partial charge in [0.1, 0.15) is 24.8 Å². The fourth-order valence-corrected chi connectivity index (χ4v) is 10.2. The van der Waals surface area contributed by atoms with E-state index in [0.717, 1.165) is 82.4 Å². The molecule has 0 saturated carbocycles. The fourth-order valence-electron chi connectivity index (χ4n) is 8.49. The zero-order chi connectivity index (χ0) is 56.6. The number of hydrogen-bond acceptors (Lipinski definition) is 15. The predicted octanol–water partition coefficient (Wildman–Crippen LogP) is 3.58. The molecule has 0 bridgehead atoms. The third kappa shape index (κ3) is 55.5. The minimum Gasteiger partial charge on any atom is -0.748 e. The Morgan fingerprint density at radius 1 is 0.436 bits per heavy atom. The van der Waals surface area contributed by atoms with E-state index in [1.165, 1.54) is 109 Å². The number of thioether (sulfide) groups is 1. The van der Waals surface area contributed by atoms with Crippen molar-refractivity contribution in [3.8, 4) is 0 Å². The van der Waals surface area contributed by atoms with Gasteiger partial charge in [-0.3, -0.25) is 28.8 Å². The predicted molar refractivity (Wildman–Crippen MR) is 300 cm³/mol. The molecule has 0 fully saturated rings. The Hall–Kier alpha value is -1.01. The van der Waals surface area contributed by atoms with Gasteiger partial charge in [-0.25, -0.2) is 16.8 Å². The average molecular weight is 1190 g/mol. The molecule has 0 aliphatic heterocycles. The monoisotopic (exact) mass is 1180 g/mol. The van der Waals surface area contributed by atoms with Crippen LogP contribution in [0.5, 0.6) is 0 Å². The summed E-state index contributed by atoms with van der Waals surface area (Å²) < 4.78 is 78.3. The van der Waals surface area contributed by atoms with Crippen molar-refractivity contribution in [3.05, 3.63) is 0 Å². The molecule has 446 valence electrons. The molecule has 0 unspecified atom stereocenters. The summed E-state index contributed by atoms with van der Waals surface area (Å²) in [4.78, 5) is 79.4. The Morgan fingerprint density at radius 2 is 0.821 bits per heavy atom. The van der Waals surface area contributed by atoms with Gasteiger partial charge in [-0.2, -0.15) is 11.8 Å². The van der Waals surface area contributed by atoms with Gasteiger partial charge < -0.3 is 39.8 Å². The van der Waals surface area contributed by atoms with Crippen LogP contribution < -0.4 is 80.4 Å². The second-order valence-electron chi connectivity index (χ2n) is 20.4. The maximum Gasteiger partial charge on any atom is 1.00 e. The van der Waals surface area contributed by atoms with Gasteiger partial charge in [0.25, 0.3) is 0 Å². The van der Waals surface area contributed by atoms with E-state index in [1.54, 1.807) is 0 Å². The van der Waals surface area contributed by atoms with Crippen LogP contribution in [-0.2, 0) is 58.5 Å². The molecule has 18 nitrogen and oxygen atoms in total. The molecule has 0 radical (unpaired) electrons. The number of carbonyl (C=O) groups excluding carboxylic acids is 6. The first kappa shape index (κ1) is 81.2. The number of amides is 4. The van der Waals surface area contributed by atoms with Gasteiger partial charge in [0.05, 0.1) is 31.7 Å². The zero-order valence-corrected chi connectivity index (χ0v) is 55.5. The molecule has 0 aromatic heterocycles. The molecule has 3 atom stereocenters. The fraction of sp³-hybridized carbons (Fsp3) is 0.891. The molecule has 0 spiro atoms. The summed E-state index contributed by atoms with van der Waals surface area (Å²) in [5, 5.41) is 9.84. The first-order valence-electron chi connectivity index (χ1n) is 29.3. The van der Waals surface area contributed by atoms with E-state index in [9.17, 15) is 54.7 Å². The van der Waals surface area contributed by atoms with Gasteiger partial charge in [0, 0.05) is 50.3 Å². The summed E-state index contributed by atoms with van der Waals surface area (Å²) >= 11 is 1.15. The van der Waals surface area contributed by atoms with Crippen molar-refractivity contribution in [3.63, 3.8) is 0 Å². The van der Waals surface area contributed by atoms with Crippen molar-refractivity contribution in [2.75, 3.05) is 42.7 Å². The first-order chi connectivity index (χ1) is 36.4. The summed E-state index contributed by atoms with van der Waals surface area (Å²) in [7, 11) is -9.35. The van der Waals surface area contributed by atoms with Gasteiger partial charge in [-0.1, -0.05) is 201 Å². The number of hydrogen-bond donors (Lipinski definition) is 4. The summed E-state index contributed by atoms with van der Waals surface area (Å²) in [6, 6.07) is -2.75. The van der Waals surface area contributed by atoms with Crippen molar-refractivity contribution in [1.82, 2.24) is 21.3 Å². The van der Waals surface area contributed by atoms with Crippen molar-refractivity contribution in [1.29, 1.82) is 0 Å². The first-order valence-corrected chi connectivity index (χ1v) is 33.7. The molecule has 0 aromatic carbocycles. The van der Waals surface area contributed by atoms with Crippen molar-refractivity contribution >= 4 is 67.6 Å². The van der Waals surface area contributed by atoms with Crippen molar-refractivity contribution in [2.24, 2.45) is 0 Å². The quantitative estimate of drug-likeness (QED) is 0.0293. The Labute approximate surface area is 520 Å². The maximum atomic E-state index is 14.1. The summed E-state index contributed by atoms with van der Waals surface area (Å²) in [5.41, 5.74) is 0. The third-order valence-corrected chi connectivity index (χ3v) is 15.6. The zero-order valence-electron chi connectivity index (χ0n) is 49.1. The summed E-state index contributed by atoms with van der Waals surface area (Å²) in [5.74, 6) is -5.60. The second-order valence-corrected chi connectivity index (χ2v) is 24.5. The molecule has 4 N–H and O–H groups in total. The standard InChI is InChI=1S/C55H104N4O14S3.2Na/c1-4-7-10-13-16-19-20-21-22-25-26-29-32-35-51(61)58-49(55(65)59-48(54(64)57-41-43-76(69,70)71)38-39-50(60)56-40-42-75(66,67)68)46-74-45-47(73-53(63)37-34-31-28-24-18-15-12-9-6-3)44-72-52(62)36-33-30-27-23-17-14-11-8-5-2;;/h47-49H,4-46H2,1-3H3,(H,56,60)(H,57,64)(H,58,61)(H,59,65)(H,66,67,68)(H,69,70,71);;/q;2*+1/p-2/t47-,48+,49+;;/m1../s1. The molecule has 0 aliphatic carbocycles. The minimum atomic E-state index is -4.72. The van der Waals surface area contributed by atoms with Crippen LogP contribution in [0.3, 0.4) is 0 Å². The van der Waals surface area contributed by atoms with Gasteiger partial charge in [0.2, 0.25) is 23.6 Å². The molecular weight excluding hydrogens is 1080 g/mol. The summed E-state index contributed by atoms with van der Waals surface area (Å²) in [6.45, 7) is 5.29. The maximum absolute atomic E-state index is 14.1. The average Bonchev–Trinajstić information content (AvgIpc) is 3.35. The smallest absolute Gasteiger partial charge is 0.748 e. The van der Waals surface area contributed by atoms with Crippen LogP contribution in [0.15, 0.2) is 0 Å². The molecule has 4 amide bonds. The van der Waals surface area contributed by atoms with E-state index in [4.69, 9.17) is 9.47 Å². The van der Waals surface area contributed by atoms with Crippen LogP contribution in [0.1, 0.15) is 252 Å². The number of unbranched alkanes of at least 4 members (excludes halogenated alkanes) is 28.